The maximum absolute atomic E-state index is 11.6. The highest BCUT2D eigenvalue weighted by Crippen LogP contribution is 2.22. The van der Waals surface area contributed by atoms with Crippen molar-refractivity contribution < 1.29 is 14.0 Å². The van der Waals surface area contributed by atoms with Crippen molar-refractivity contribution in [3.63, 3.8) is 0 Å². The molecule has 18 heavy (non-hydrogen) atoms. The van der Waals surface area contributed by atoms with Gasteiger partial charge in [-0.1, -0.05) is 27.9 Å². The van der Waals surface area contributed by atoms with Crippen LogP contribution < -0.4 is 15.6 Å². The first kappa shape index (κ1) is 12.7. The fourth-order valence-corrected chi connectivity index (χ4v) is 1.87. The van der Waals surface area contributed by atoms with Crippen LogP contribution in [0.4, 0.5) is 5.69 Å². The molecule has 1 heterocycles. The third kappa shape index (κ3) is 3.35. The van der Waals surface area contributed by atoms with Crippen LogP contribution in [0.3, 0.4) is 0 Å². The van der Waals surface area contributed by atoms with Gasteiger partial charge in [-0.05, 0) is 23.5 Å². The minimum atomic E-state index is -0.561. The van der Waals surface area contributed by atoms with E-state index in [9.17, 15) is 9.59 Å². The fourth-order valence-electron chi connectivity index (χ4n) is 1.34. The normalized spacial score (nSPS) is 10.3. The summed E-state index contributed by atoms with van der Waals surface area (Å²) in [5, 5.41) is 5.69. The second-order valence-electron chi connectivity index (χ2n) is 3.48. The molecule has 0 spiro atoms. The molecule has 1 aromatic heterocycles. The molecule has 0 aliphatic rings. The molecule has 6 nitrogen and oxygen atoms in total. The van der Waals surface area contributed by atoms with Crippen molar-refractivity contribution in [1.82, 2.24) is 5.27 Å². The monoisotopic (exact) mass is 288 g/mol. The molecule has 0 fully saturated rings. The smallest absolute Gasteiger partial charge is 0.320 e. The number of rotatable bonds is 3. The van der Waals surface area contributed by atoms with Gasteiger partial charge in [0.05, 0.1) is 0 Å². The third-order valence-electron chi connectivity index (χ3n) is 1.98. The van der Waals surface area contributed by atoms with Gasteiger partial charge >= 0.3 is 5.63 Å². The number of nitrogens with zero attached hydrogens (tertiary/aromatic N) is 1. The third-order valence-corrected chi connectivity index (χ3v) is 2.42. The van der Waals surface area contributed by atoms with Gasteiger partial charge in [0.25, 0.3) is 18.6 Å². The molecule has 8 heteroatoms. The van der Waals surface area contributed by atoms with Gasteiger partial charge in [0.2, 0.25) is 0 Å². The molecule has 94 valence electrons. The zero-order valence-electron chi connectivity index (χ0n) is 8.94. The van der Waals surface area contributed by atoms with Gasteiger partial charge in [-0.3, -0.25) is 9.32 Å². The van der Waals surface area contributed by atoms with Gasteiger partial charge in [-0.15, -0.1) is 0 Å². The Bertz CT molecular complexity index is 615. The van der Waals surface area contributed by atoms with E-state index in [2.05, 4.69) is 15.1 Å². The summed E-state index contributed by atoms with van der Waals surface area (Å²) in [4.78, 5) is 22.4. The number of benzene rings is 1. The van der Waals surface area contributed by atoms with Crippen LogP contribution in [0.15, 0.2) is 33.7 Å². The average molecular weight is 289 g/mol. The van der Waals surface area contributed by atoms with E-state index in [1.54, 1.807) is 18.2 Å². The molecular weight excluding hydrogens is 281 g/mol. The van der Waals surface area contributed by atoms with E-state index >= 15 is 0 Å². The number of carbonyl (C=O) groups is 1. The lowest BCUT2D eigenvalue weighted by atomic mass is 10.3. The van der Waals surface area contributed by atoms with Crippen LogP contribution in [0.1, 0.15) is 0 Å². The first-order valence-electron chi connectivity index (χ1n) is 4.87. The molecule has 0 radical (unpaired) electrons. The summed E-state index contributed by atoms with van der Waals surface area (Å²) >= 11 is 11.6. The van der Waals surface area contributed by atoms with Crippen molar-refractivity contribution in [2.75, 3.05) is 5.32 Å². The maximum atomic E-state index is 11.6. The van der Waals surface area contributed by atoms with Gasteiger partial charge in [0.15, 0.2) is 0 Å². The zero-order valence-corrected chi connectivity index (χ0v) is 10.5. The summed E-state index contributed by atoms with van der Waals surface area (Å²) in [6, 6.07) is 4.68. The molecule has 1 aromatic carbocycles. The van der Waals surface area contributed by atoms with E-state index in [0.717, 1.165) is 6.20 Å². The fraction of sp³-hybridized carbons (Fsp3) is 0.100. The Labute approximate surface area is 111 Å². The van der Waals surface area contributed by atoms with Crippen LogP contribution in [0.25, 0.3) is 0 Å². The Morgan fingerprint density at radius 3 is 2.56 bits per heavy atom. The minimum absolute atomic E-state index is 0.0874. The lowest BCUT2D eigenvalue weighted by Gasteiger charge is -2.03. The topological polar surface area (TPSA) is 79.0 Å². The van der Waals surface area contributed by atoms with Crippen LogP contribution in [0.5, 0.6) is 0 Å². The molecule has 0 aliphatic heterocycles. The Hall–Kier alpha value is -1.79. The molecule has 2 aromatic rings. The molecular formula is C10H8Cl2N3O3+. The van der Waals surface area contributed by atoms with Crippen LogP contribution >= 0.6 is 23.2 Å². The molecule has 0 saturated carbocycles. The summed E-state index contributed by atoms with van der Waals surface area (Å²) in [5.41, 5.74) is -0.0856. The van der Waals surface area contributed by atoms with Crippen LogP contribution in [-0.2, 0) is 11.3 Å². The number of halogens is 2. The second-order valence-corrected chi connectivity index (χ2v) is 4.35. The van der Waals surface area contributed by atoms with E-state index in [4.69, 9.17) is 23.2 Å². The first-order valence-corrected chi connectivity index (χ1v) is 5.62. The first-order chi connectivity index (χ1) is 8.52. The van der Waals surface area contributed by atoms with Crippen molar-refractivity contribution in [3.05, 3.63) is 44.9 Å². The summed E-state index contributed by atoms with van der Waals surface area (Å²) in [6.07, 6.45) is 1.13. The summed E-state index contributed by atoms with van der Waals surface area (Å²) in [5.74, 6) is -0.351. The minimum Gasteiger partial charge on any atom is -0.320 e. The number of carbonyl (C=O) groups excluding carboxylic acids is 1. The van der Waals surface area contributed by atoms with Crippen LogP contribution in [0.2, 0.25) is 10.0 Å². The van der Waals surface area contributed by atoms with E-state index < -0.39 is 5.63 Å². The van der Waals surface area contributed by atoms with Gasteiger partial charge in [-0.2, -0.15) is 0 Å². The SMILES string of the molecule is O=C(C[n+]1cc(=O)o[nH]1)Nc1cc(Cl)cc(Cl)c1. The van der Waals surface area contributed by atoms with Crippen molar-refractivity contribution in [1.29, 1.82) is 0 Å². The molecule has 0 bridgehead atoms. The molecule has 0 aliphatic carbocycles. The number of aromatic nitrogens is 2. The number of nitrogens with one attached hydrogen (secondary N) is 2. The molecule has 0 saturated heterocycles. The Morgan fingerprint density at radius 1 is 1.33 bits per heavy atom. The Balaban J connectivity index is 2.05. The predicted molar refractivity (Wildman–Crippen MR) is 64.6 cm³/mol. The van der Waals surface area contributed by atoms with E-state index in [0.29, 0.717) is 15.7 Å². The summed E-state index contributed by atoms with van der Waals surface area (Å²) < 4.78 is 5.63. The van der Waals surface area contributed by atoms with Crippen molar-refractivity contribution in [2.45, 2.75) is 6.54 Å². The van der Waals surface area contributed by atoms with Gasteiger partial charge in [-0.25, -0.2) is 4.79 Å². The van der Waals surface area contributed by atoms with Crippen molar-refractivity contribution in [3.8, 4) is 0 Å². The zero-order chi connectivity index (χ0) is 13.1. The predicted octanol–water partition coefficient (Wildman–Crippen LogP) is 1.20. The highest BCUT2D eigenvalue weighted by molar-refractivity contribution is 6.35. The lowest BCUT2D eigenvalue weighted by Crippen LogP contribution is -2.41. The summed E-state index contributed by atoms with van der Waals surface area (Å²) in [7, 11) is 0. The van der Waals surface area contributed by atoms with Crippen molar-refractivity contribution >= 4 is 34.8 Å². The Kier molecular flexibility index (Phi) is 3.69. The molecule has 0 atom stereocenters. The number of amides is 1. The number of anilines is 1. The van der Waals surface area contributed by atoms with Crippen LogP contribution in [-0.4, -0.2) is 11.2 Å². The second kappa shape index (κ2) is 5.24. The lowest BCUT2D eigenvalue weighted by molar-refractivity contribution is -0.750. The van der Waals surface area contributed by atoms with Gasteiger partial charge in [0.1, 0.15) is 0 Å². The van der Waals surface area contributed by atoms with E-state index in [1.165, 1.54) is 4.68 Å². The average Bonchev–Trinajstić information content (AvgIpc) is 2.61. The quantitative estimate of drug-likeness (QED) is 0.833. The van der Waals surface area contributed by atoms with Crippen LogP contribution in [0, 0.1) is 0 Å². The molecule has 1 amide bonds. The van der Waals surface area contributed by atoms with E-state index in [1.807, 2.05) is 0 Å². The Morgan fingerprint density at radius 2 is 2.00 bits per heavy atom. The highest BCUT2D eigenvalue weighted by atomic mass is 35.5. The highest BCUT2D eigenvalue weighted by Gasteiger charge is 2.13. The molecule has 0 unspecified atom stereocenters. The number of H-pyrrole nitrogens is 1. The number of hydrogen-bond donors (Lipinski definition) is 2. The van der Waals surface area contributed by atoms with Crippen molar-refractivity contribution in [2.24, 2.45) is 0 Å². The molecule has 2 N–H and O–H groups in total. The number of hydrogen-bond acceptors (Lipinski definition) is 3. The maximum Gasteiger partial charge on any atom is 0.426 e. The van der Waals surface area contributed by atoms with Gasteiger partial charge < -0.3 is 5.32 Å². The number of aromatic amines is 1. The van der Waals surface area contributed by atoms with E-state index in [-0.39, 0.29) is 12.5 Å². The largest absolute Gasteiger partial charge is 0.426 e. The standard InChI is InChI=1S/C10H7Cl2N3O3/c11-6-1-7(12)3-8(2-6)13-9(16)4-15-5-10(17)18-14-15/h1-3,5H,4H2,(H-,13,14,16,17)/p+1. The van der Waals surface area contributed by atoms with Gasteiger partial charge in [0, 0.05) is 15.7 Å². The summed E-state index contributed by atoms with van der Waals surface area (Å²) in [6.45, 7) is -0.0874. The molecule has 2 rings (SSSR count).